The Kier molecular flexibility index (Phi) is 7.72. The molecule has 2 aliphatic carbocycles. The van der Waals surface area contributed by atoms with Crippen LogP contribution in [0.4, 0.5) is 17.1 Å². The van der Waals surface area contributed by atoms with Gasteiger partial charge in [0.1, 0.15) is 6.17 Å². The number of rotatable bonds is 6. The molecule has 2 unspecified atom stereocenters. The zero-order valence-corrected chi connectivity index (χ0v) is 28.0. The lowest BCUT2D eigenvalue weighted by atomic mass is 9.81. The summed E-state index contributed by atoms with van der Waals surface area (Å²) >= 11 is 0. The van der Waals surface area contributed by atoms with Gasteiger partial charge in [-0.2, -0.15) is 5.26 Å². The van der Waals surface area contributed by atoms with E-state index in [1.165, 1.54) is 22.3 Å². The van der Waals surface area contributed by atoms with E-state index >= 15 is 0 Å². The molecule has 0 saturated heterocycles. The monoisotopic (exact) mass is 654 g/mol. The van der Waals surface area contributed by atoms with Gasteiger partial charge in [-0.1, -0.05) is 121 Å². The SMILES string of the molecule is N#Cc1ccc(N2C(c3ccc(-c4ccc(N(C5=CC=CCC=C5)c5ccccc5)cc4)cc3)N=C3c4ccccc4-c4ccccc4C32)cc1. The van der Waals surface area contributed by atoms with E-state index in [9.17, 15) is 5.26 Å². The quantitative estimate of drug-likeness (QED) is 0.179. The van der Waals surface area contributed by atoms with Gasteiger partial charge in [0.2, 0.25) is 0 Å². The van der Waals surface area contributed by atoms with Crippen LogP contribution in [0.15, 0.2) is 193 Å². The minimum atomic E-state index is -0.233. The number of fused-ring (bicyclic) bond motifs is 6. The van der Waals surface area contributed by atoms with Crippen LogP contribution < -0.4 is 9.80 Å². The molecular formula is C47H34N4. The lowest BCUT2D eigenvalue weighted by molar-refractivity contribution is 0.669. The fourth-order valence-electron chi connectivity index (χ4n) is 7.60. The summed E-state index contributed by atoms with van der Waals surface area (Å²) in [6.07, 6.45) is 11.6. The van der Waals surface area contributed by atoms with E-state index in [0.29, 0.717) is 5.56 Å². The number of aliphatic imine (C=N–C) groups is 1. The van der Waals surface area contributed by atoms with Crippen molar-refractivity contribution in [3.8, 4) is 28.3 Å². The van der Waals surface area contributed by atoms with Crippen LogP contribution in [0.5, 0.6) is 0 Å². The second-order valence-corrected chi connectivity index (χ2v) is 13.0. The first-order chi connectivity index (χ1) is 25.3. The Morgan fingerprint density at radius 2 is 1.27 bits per heavy atom. The summed E-state index contributed by atoms with van der Waals surface area (Å²) in [5.74, 6) is 0. The average molecular weight is 655 g/mol. The van der Waals surface area contributed by atoms with Gasteiger partial charge in [0, 0.05) is 28.3 Å². The number of nitriles is 1. The summed E-state index contributed by atoms with van der Waals surface area (Å²) in [5.41, 5.74) is 14.4. The Morgan fingerprint density at radius 1 is 0.627 bits per heavy atom. The third-order valence-corrected chi connectivity index (χ3v) is 10.0. The van der Waals surface area contributed by atoms with Gasteiger partial charge in [0.15, 0.2) is 0 Å². The van der Waals surface area contributed by atoms with Gasteiger partial charge in [-0.15, -0.1) is 0 Å². The van der Waals surface area contributed by atoms with Gasteiger partial charge in [-0.05, 0) is 100 Å². The van der Waals surface area contributed by atoms with Crippen molar-refractivity contribution in [1.82, 2.24) is 0 Å². The third kappa shape index (κ3) is 5.46. The van der Waals surface area contributed by atoms with Gasteiger partial charge >= 0.3 is 0 Å². The van der Waals surface area contributed by atoms with Crippen LogP contribution in [-0.4, -0.2) is 5.71 Å². The van der Waals surface area contributed by atoms with Gasteiger partial charge < -0.3 is 9.80 Å². The molecule has 6 aromatic carbocycles. The zero-order valence-electron chi connectivity index (χ0n) is 28.0. The van der Waals surface area contributed by atoms with Crippen molar-refractivity contribution in [2.75, 3.05) is 9.80 Å². The van der Waals surface area contributed by atoms with E-state index in [4.69, 9.17) is 4.99 Å². The standard InChI is InChI=1S/C47H34N4/c48-32-33-20-28-40(29-21-33)51-46-44-19-11-9-17-42(44)41-16-8-10-18-43(41)45(46)49-47(51)36-24-22-34(23-25-36)35-26-30-39(31-27-35)50(38-14-6-3-7-15-38)37-12-4-1-2-5-13-37/h1,3-31,46-47H,2H2. The predicted octanol–water partition coefficient (Wildman–Crippen LogP) is 11.5. The number of anilines is 3. The van der Waals surface area contributed by atoms with Crippen molar-refractivity contribution in [2.45, 2.75) is 18.6 Å². The minimum Gasteiger partial charge on any atom is -0.333 e. The van der Waals surface area contributed by atoms with Gasteiger partial charge in [-0.25, -0.2) is 0 Å². The Bertz CT molecular complexity index is 2390. The molecule has 0 bridgehead atoms. The van der Waals surface area contributed by atoms with E-state index in [-0.39, 0.29) is 12.2 Å². The van der Waals surface area contributed by atoms with E-state index in [1.807, 2.05) is 12.1 Å². The minimum absolute atomic E-state index is 0.0530. The van der Waals surface area contributed by atoms with E-state index in [0.717, 1.165) is 51.6 Å². The molecule has 0 saturated carbocycles. The molecule has 0 amide bonds. The van der Waals surface area contributed by atoms with Crippen LogP contribution in [0.3, 0.4) is 0 Å². The topological polar surface area (TPSA) is 42.6 Å². The molecule has 0 N–H and O–H groups in total. The maximum atomic E-state index is 9.54. The van der Waals surface area contributed by atoms with Crippen LogP contribution in [0, 0.1) is 11.3 Å². The second kappa shape index (κ2) is 13.0. The van der Waals surface area contributed by atoms with Crippen molar-refractivity contribution in [1.29, 1.82) is 5.26 Å². The van der Waals surface area contributed by atoms with Crippen LogP contribution in [0.1, 0.15) is 40.9 Å². The Morgan fingerprint density at radius 3 is 2.02 bits per heavy atom. The highest BCUT2D eigenvalue weighted by Crippen LogP contribution is 2.50. The summed E-state index contributed by atoms with van der Waals surface area (Å²) < 4.78 is 0. The molecule has 51 heavy (non-hydrogen) atoms. The molecular weight excluding hydrogens is 621 g/mol. The maximum Gasteiger partial charge on any atom is 0.148 e. The number of allylic oxidation sites excluding steroid dienone is 5. The molecule has 0 aromatic heterocycles. The van der Waals surface area contributed by atoms with Crippen molar-refractivity contribution in [3.63, 3.8) is 0 Å². The van der Waals surface area contributed by atoms with Crippen molar-refractivity contribution < 1.29 is 0 Å². The highest BCUT2D eigenvalue weighted by atomic mass is 15.3. The largest absolute Gasteiger partial charge is 0.333 e. The molecule has 2 atom stereocenters. The van der Waals surface area contributed by atoms with Gasteiger partial charge in [0.05, 0.1) is 23.4 Å². The molecule has 0 fully saturated rings. The van der Waals surface area contributed by atoms with Crippen LogP contribution in [0.25, 0.3) is 22.3 Å². The first-order valence-electron chi connectivity index (χ1n) is 17.4. The molecule has 242 valence electrons. The number of hydrogen-bond acceptors (Lipinski definition) is 4. The molecule has 6 aromatic rings. The molecule has 3 aliphatic rings. The van der Waals surface area contributed by atoms with E-state index in [1.54, 1.807) is 0 Å². The van der Waals surface area contributed by atoms with Crippen LogP contribution in [-0.2, 0) is 0 Å². The van der Waals surface area contributed by atoms with E-state index in [2.05, 4.69) is 186 Å². The summed E-state index contributed by atoms with van der Waals surface area (Å²) in [5, 5.41) is 9.54. The number of hydrogen-bond donors (Lipinski definition) is 0. The Labute approximate surface area is 298 Å². The lowest BCUT2D eigenvalue weighted by Crippen LogP contribution is -2.32. The van der Waals surface area contributed by atoms with Crippen LogP contribution in [0.2, 0.25) is 0 Å². The first kappa shape index (κ1) is 30.4. The Hall–Kier alpha value is -6.70. The molecule has 4 nitrogen and oxygen atoms in total. The fraction of sp³-hybridized carbons (Fsp3) is 0.0638. The summed E-state index contributed by atoms with van der Waals surface area (Å²) in [6, 6.07) is 55.6. The second-order valence-electron chi connectivity index (χ2n) is 13.0. The maximum absolute atomic E-state index is 9.54. The molecule has 4 heteroatoms. The summed E-state index contributed by atoms with van der Waals surface area (Å²) in [6.45, 7) is 0. The average Bonchev–Trinajstić information content (AvgIpc) is 3.42. The zero-order chi connectivity index (χ0) is 34.1. The fourth-order valence-corrected chi connectivity index (χ4v) is 7.60. The van der Waals surface area contributed by atoms with Crippen molar-refractivity contribution in [2.24, 2.45) is 4.99 Å². The van der Waals surface area contributed by atoms with Crippen LogP contribution >= 0.6 is 0 Å². The number of nitrogens with zero attached hydrogens (tertiary/aromatic N) is 4. The lowest BCUT2D eigenvalue weighted by Gasteiger charge is -2.36. The van der Waals surface area contributed by atoms with E-state index < -0.39 is 0 Å². The highest BCUT2D eigenvalue weighted by molar-refractivity contribution is 6.15. The molecule has 1 aliphatic heterocycles. The smallest absolute Gasteiger partial charge is 0.148 e. The molecule has 0 spiro atoms. The first-order valence-corrected chi connectivity index (χ1v) is 17.4. The number of benzene rings is 6. The normalized spacial score (nSPS) is 17.0. The van der Waals surface area contributed by atoms with Gasteiger partial charge in [-0.3, -0.25) is 4.99 Å². The van der Waals surface area contributed by atoms with Crippen molar-refractivity contribution in [3.05, 3.63) is 210 Å². The number of para-hydroxylation sites is 1. The predicted molar refractivity (Wildman–Crippen MR) is 209 cm³/mol. The summed E-state index contributed by atoms with van der Waals surface area (Å²) in [7, 11) is 0. The molecule has 1 heterocycles. The molecule has 0 radical (unpaired) electrons. The highest BCUT2D eigenvalue weighted by Gasteiger charge is 2.43. The van der Waals surface area contributed by atoms with Gasteiger partial charge in [0.25, 0.3) is 0 Å². The summed E-state index contributed by atoms with van der Waals surface area (Å²) in [4.78, 5) is 10.2. The third-order valence-electron chi connectivity index (χ3n) is 10.0. The Balaban J connectivity index is 1.08. The molecule has 9 rings (SSSR count). The van der Waals surface area contributed by atoms with Crippen molar-refractivity contribution >= 4 is 22.8 Å².